The fourth-order valence-corrected chi connectivity index (χ4v) is 8.28. The summed E-state index contributed by atoms with van der Waals surface area (Å²) in [6.07, 6.45) is 5.44. The number of hydrogen-bond acceptors (Lipinski definition) is 6. The second-order valence-electron chi connectivity index (χ2n) is 10.8. The lowest BCUT2D eigenvalue weighted by Gasteiger charge is -2.62. The number of esters is 1. The number of thiol groups is 1. The molecule has 3 saturated carbocycles. The van der Waals surface area contributed by atoms with Crippen LogP contribution in [0.25, 0.3) is 0 Å². The molecule has 8 atom stereocenters. The van der Waals surface area contributed by atoms with Gasteiger partial charge in [-0.2, -0.15) is 0 Å². The summed E-state index contributed by atoms with van der Waals surface area (Å²) in [6.45, 7) is 5.52. The van der Waals surface area contributed by atoms with Crippen LogP contribution in [0.15, 0.2) is 46.6 Å². The zero-order chi connectivity index (χ0) is 24.7. The van der Waals surface area contributed by atoms with Gasteiger partial charge in [0.15, 0.2) is 11.4 Å². The highest BCUT2D eigenvalue weighted by Gasteiger charge is 2.74. The van der Waals surface area contributed by atoms with E-state index in [0.717, 1.165) is 0 Å². The van der Waals surface area contributed by atoms with Crippen molar-refractivity contribution in [3.05, 3.63) is 48.0 Å². The average molecular weight is 489 g/mol. The van der Waals surface area contributed by atoms with Gasteiger partial charge >= 0.3 is 5.97 Å². The van der Waals surface area contributed by atoms with E-state index in [4.69, 9.17) is 9.15 Å². The smallest absolute Gasteiger partial charge is 0.375 e. The normalized spacial score (nSPS) is 45.1. The molecular formula is C26H29FO6S. The number of alkyl halides is 1. The number of furan rings is 1. The van der Waals surface area contributed by atoms with Crippen molar-refractivity contribution in [3.8, 4) is 0 Å². The topological polar surface area (TPSA) is 93.8 Å². The molecular weight excluding hydrogens is 459 g/mol. The van der Waals surface area contributed by atoms with Crippen LogP contribution in [0.2, 0.25) is 0 Å². The van der Waals surface area contributed by atoms with Gasteiger partial charge in [0.1, 0.15) is 6.17 Å². The maximum absolute atomic E-state index is 15.6. The Morgan fingerprint density at radius 2 is 1.97 bits per heavy atom. The molecule has 1 aromatic heterocycles. The lowest BCUT2D eigenvalue weighted by molar-refractivity contribution is -0.204. The Balaban J connectivity index is 1.58. The zero-order valence-corrected chi connectivity index (χ0v) is 20.3. The summed E-state index contributed by atoms with van der Waals surface area (Å²) in [6, 6.07) is 3.03. The van der Waals surface area contributed by atoms with Crippen molar-refractivity contribution in [2.45, 2.75) is 63.8 Å². The number of fused-ring (bicyclic) bond motifs is 5. The van der Waals surface area contributed by atoms with Crippen molar-refractivity contribution in [1.29, 1.82) is 0 Å². The van der Waals surface area contributed by atoms with Crippen LogP contribution < -0.4 is 0 Å². The molecule has 0 bridgehead atoms. The van der Waals surface area contributed by atoms with Gasteiger partial charge in [-0.1, -0.05) is 19.9 Å². The van der Waals surface area contributed by atoms with Gasteiger partial charge in [-0.3, -0.25) is 9.59 Å². The highest BCUT2D eigenvalue weighted by Crippen LogP contribution is 2.70. The third kappa shape index (κ3) is 2.75. The van der Waals surface area contributed by atoms with E-state index in [-0.39, 0.29) is 30.3 Å². The molecule has 4 aliphatic carbocycles. The van der Waals surface area contributed by atoms with E-state index >= 15 is 4.39 Å². The number of aliphatic hydroxyl groups is 1. The number of halogens is 1. The standard InChI is InChI=1S/C26H29FO6S/c1-14-11-16-17-13-19(27)18-12-15(28)6-7-23(18,2)25(17,31)9-8-24(16,3)26(14,22(30)34)33-21(29)20-5-4-10-32-20/h4-7,10,12,14,16-17,19,31H,8-9,11,13H2,1-3H3,(H,30,34)/t14-,16?,17?,19+,23+,24+,25+,26+/m1/s1. The second kappa shape index (κ2) is 7.40. The molecule has 2 unspecified atom stereocenters. The third-order valence-electron chi connectivity index (χ3n) is 9.56. The first kappa shape index (κ1) is 23.5. The van der Waals surface area contributed by atoms with Gasteiger partial charge in [-0.05, 0) is 74.3 Å². The van der Waals surface area contributed by atoms with Crippen molar-refractivity contribution in [1.82, 2.24) is 0 Å². The van der Waals surface area contributed by atoms with Gasteiger partial charge in [-0.25, -0.2) is 9.18 Å². The van der Waals surface area contributed by atoms with Gasteiger partial charge in [0, 0.05) is 16.7 Å². The minimum atomic E-state index is -1.55. The van der Waals surface area contributed by atoms with Crippen LogP contribution in [-0.4, -0.2) is 39.3 Å². The van der Waals surface area contributed by atoms with Crippen LogP contribution in [0.1, 0.15) is 57.0 Å². The highest BCUT2D eigenvalue weighted by molar-refractivity contribution is 7.96. The predicted octanol–water partition coefficient (Wildman–Crippen LogP) is 4.25. The molecule has 0 radical (unpaired) electrons. The van der Waals surface area contributed by atoms with E-state index in [0.29, 0.717) is 18.4 Å². The first-order valence-corrected chi connectivity index (χ1v) is 12.2. The van der Waals surface area contributed by atoms with Crippen LogP contribution in [0.3, 0.4) is 0 Å². The van der Waals surface area contributed by atoms with E-state index in [9.17, 15) is 19.5 Å². The third-order valence-corrected chi connectivity index (χ3v) is 9.89. The predicted molar refractivity (Wildman–Crippen MR) is 124 cm³/mol. The molecule has 8 heteroatoms. The minimum absolute atomic E-state index is 0.0127. The van der Waals surface area contributed by atoms with Crippen molar-refractivity contribution in [3.63, 3.8) is 0 Å². The molecule has 5 rings (SSSR count). The van der Waals surface area contributed by atoms with E-state index in [2.05, 4.69) is 12.6 Å². The number of rotatable bonds is 3. The van der Waals surface area contributed by atoms with Crippen molar-refractivity contribution < 1.29 is 33.0 Å². The molecule has 4 aliphatic rings. The number of allylic oxidation sites excluding steroid dienone is 2. The Labute approximate surface area is 203 Å². The summed E-state index contributed by atoms with van der Waals surface area (Å²) >= 11 is 4.20. The Morgan fingerprint density at radius 1 is 1.24 bits per heavy atom. The number of carbonyl (C=O) groups is 3. The van der Waals surface area contributed by atoms with Crippen LogP contribution in [0.4, 0.5) is 4.39 Å². The van der Waals surface area contributed by atoms with Crippen LogP contribution >= 0.6 is 12.6 Å². The summed E-state index contributed by atoms with van der Waals surface area (Å²) in [7, 11) is 0. The number of ketones is 1. The molecule has 0 amide bonds. The molecule has 0 saturated heterocycles. The molecule has 0 aliphatic heterocycles. The molecule has 6 nitrogen and oxygen atoms in total. The van der Waals surface area contributed by atoms with E-state index < -0.39 is 51.1 Å². The summed E-state index contributed by atoms with van der Waals surface area (Å²) in [5.41, 5.74) is -4.43. The van der Waals surface area contributed by atoms with Crippen molar-refractivity contribution >= 4 is 29.5 Å². The number of hydrogen-bond donors (Lipinski definition) is 2. The quantitative estimate of drug-likeness (QED) is 0.488. The maximum Gasteiger partial charge on any atom is 0.375 e. The van der Waals surface area contributed by atoms with Gasteiger partial charge in [0.2, 0.25) is 10.9 Å². The fourth-order valence-electron chi connectivity index (χ4n) is 7.76. The van der Waals surface area contributed by atoms with Crippen LogP contribution in [-0.2, 0) is 14.3 Å². The summed E-state index contributed by atoms with van der Waals surface area (Å²) in [5, 5.41) is 11.6. The molecule has 1 N–H and O–H groups in total. The summed E-state index contributed by atoms with van der Waals surface area (Å²) < 4.78 is 26.7. The van der Waals surface area contributed by atoms with Crippen LogP contribution in [0.5, 0.6) is 0 Å². The van der Waals surface area contributed by atoms with Gasteiger partial charge in [-0.15, -0.1) is 12.6 Å². The minimum Gasteiger partial charge on any atom is -0.457 e. The Bertz CT molecular complexity index is 1130. The van der Waals surface area contributed by atoms with Crippen molar-refractivity contribution in [2.24, 2.45) is 28.6 Å². The second-order valence-corrected chi connectivity index (χ2v) is 11.2. The SMILES string of the molecule is C[C@@H]1CC2C3C[C@H](F)C4=CC(=O)C=C[C@]4(C)[C@]3(O)CC[C@]2(C)[C@@]1(OC(=O)c1ccco1)C(=O)S. The van der Waals surface area contributed by atoms with E-state index in [1.54, 1.807) is 19.1 Å². The average Bonchev–Trinajstić information content (AvgIpc) is 3.39. The first-order valence-electron chi connectivity index (χ1n) is 11.7. The highest BCUT2D eigenvalue weighted by atomic mass is 32.1. The lowest BCUT2D eigenvalue weighted by Crippen LogP contribution is -2.67. The molecule has 34 heavy (non-hydrogen) atoms. The molecule has 1 aromatic rings. The molecule has 3 fully saturated rings. The monoisotopic (exact) mass is 488 g/mol. The van der Waals surface area contributed by atoms with Crippen molar-refractivity contribution in [2.75, 3.05) is 0 Å². The Kier molecular flexibility index (Phi) is 5.13. The lowest BCUT2D eigenvalue weighted by atomic mass is 9.44. The van der Waals surface area contributed by atoms with E-state index in [1.165, 1.54) is 24.5 Å². The molecule has 182 valence electrons. The van der Waals surface area contributed by atoms with Gasteiger partial charge < -0.3 is 14.3 Å². The first-order chi connectivity index (χ1) is 15.9. The summed E-state index contributed by atoms with van der Waals surface area (Å²) in [4.78, 5) is 38.1. The summed E-state index contributed by atoms with van der Waals surface area (Å²) in [5.74, 6) is -2.25. The molecule has 1 heterocycles. The fraction of sp³-hybridized carbons (Fsp3) is 0.577. The van der Waals surface area contributed by atoms with Gasteiger partial charge in [0.05, 0.1) is 11.9 Å². The Morgan fingerprint density at radius 3 is 2.62 bits per heavy atom. The Hall–Kier alpha value is -2.19. The van der Waals surface area contributed by atoms with Crippen LogP contribution in [0, 0.1) is 28.6 Å². The largest absolute Gasteiger partial charge is 0.457 e. The number of ether oxygens (including phenoxy) is 1. The number of carbonyl (C=O) groups excluding carboxylic acids is 3. The van der Waals surface area contributed by atoms with Gasteiger partial charge in [0.25, 0.3) is 0 Å². The maximum atomic E-state index is 15.6. The van der Waals surface area contributed by atoms with E-state index in [1.807, 2.05) is 13.8 Å². The zero-order valence-electron chi connectivity index (χ0n) is 19.4. The molecule has 0 spiro atoms. The molecule has 0 aromatic carbocycles.